The molecule has 0 spiro atoms. The molecule has 0 aliphatic heterocycles. The van der Waals surface area contributed by atoms with Crippen LogP contribution >= 0.6 is 0 Å². The van der Waals surface area contributed by atoms with Crippen molar-refractivity contribution in [1.82, 2.24) is 10.6 Å². The number of aliphatic hydroxyl groups is 1. The second-order valence-corrected chi connectivity index (χ2v) is 19.6. The number of hydrogen-bond acceptors (Lipinski definition) is 5. The zero-order valence-corrected chi connectivity index (χ0v) is 34.2. The highest BCUT2D eigenvalue weighted by atomic mass is 19.1. The third-order valence-electron chi connectivity index (χ3n) is 17.1. The number of aliphatic hydroxyl groups excluding tert-OH is 1. The van der Waals surface area contributed by atoms with Crippen LogP contribution < -0.4 is 10.6 Å². The predicted octanol–water partition coefficient (Wildman–Crippen LogP) is 9.18. The second-order valence-electron chi connectivity index (χ2n) is 19.6. The number of halogens is 1. The van der Waals surface area contributed by atoms with Crippen LogP contribution in [-0.2, 0) is 22.6 Å². The first kappa shape index (κ1) is 39.7. The molecule has 5 aliphatic rings. The number of carbonyl (C=O) groups excluding carboxylic acids is 3. The smallest absolute Gasteiger partial charge is 0.337 e. The molecule has 5 saturated carbocycles. The number of methoxy groups -OCH3 is 1. The molecule has 2 amide bonds. The fourth-order valence-electron chi connectivity index (χ4n) is 13.9. The molecule has 3 N–H and O–H groups in total. The summed E-state index contributed by atoms with van der Waals surface area (Å²) in [5.41, 5.74) is 2.82. The minimum Gasteiger partial charge on any atom is -0.465 e. The maximum absolute atomic E-state index is 15.0. The van der Waals surface area contributed by atoms with E-state index in [-0.39, 0.29) is 58.2 Å². The van der Waals surface area contributed by atoms with Gasteiger partial charge in [0.1, 0.15) is 5.82 Å². The van der Waals surface area contributed by atoms with Crippen molar-refractivity contribution in [1.29, 1.82) is 0 Å². The Morgan fingerprint density at radius 1 is 0.818 bits per heavy atom. The Morgan fingerprint density at radius 3 is 2.20 bits per heavy atom. The van der Waals surface area contributed by atoms with Gasteiger partial charge < -0.3 is 20.5 Å². The second kappa shape index (κ2) is 14.1. The molecular weight excluding hydrogens is 692 g/mol. The molecule has 0 radical (unpaired) electrons. The Kier molecular flexibility index (Phi) is 10.2. The van der Waals surface area contributed by atoms with Crippen LogP contribution in [0.15, 0.2) is 54.6 Å². The van der Waals surface area contributed by atoms with Crippen LogP contribution in [0.1, 0.15) is 138 Å². The van der Waals surface area contributed by atoms with Crippen LogP contribution in [0.4, 0.5) is 4.39 Å². The number of carbonyl (C=O) groups is 3. The number of allylic oxidation sites excluding steroid dienone is 1. The van der Waals surface area contributed by atoms with E-state index in [4.69, 9.17) is 4.74 Å². The highest BCUT2D eigenvalue weighted by molar-refractivity contribution is 5.94. The lowest BCUT2D eigenvalue weighted by Crippen LogP contribution is -2.67. The summed E-state index contributed by atoms with van der Waals surface area (Å²) >= 11 is 0. The predicted molar refractivity (Wildman–Crippen MR) is 212 cm³/mol. The highest BCUT2D eigenvalue weighted by Gasteiger charge is 2.71. The van der Waals surface area contributed by atoms with E-state index in [9.17, 15) is 19.5 Å². The molecule has 0 heterocycles. The van der Waals surface area contributed by atoms with Crippen LogP contribution in [-0.4, -0.2) is 36.1 Å². The first-order valence-electron chi connectivity index (χ1n) is 20.8. The zero-order chi connectivity index (χ0) is 39.7. The van der Waals surface area contributed by atoms with Crippen LogP contribution in [0.2, 0.25) is 0 Å². The molecule has 2 aromatic rings. The molecule has 4 unspecified atom stereocenters. The number of benzene rings is 2. The topological polar surface area (TPSA) is 105 Å². The normalized spacial score (nSPS) is 37.3. The van der Waals surface area contributed by atoms with Crippen molar-refractivity contribution >= 4 is 17.8 Å². The summed E-state index contributed by atoms with van der Waals surface area (Å²) in [6.45, 7) is 19.4. The molecular formula is C47H63FN2O5. The molecule has 0 aromatic heterocycles. The van der Waals surface area contributed by atoms with Crippen LogP contribution in [0.5, 0.6) is 0 Å². The number of amides is 2. The molecule has 5 fully saturated rings. The maximum atomic E-state index is 15.0. The highest BCUT2D eigenvalue weighted by Crippen LogP contribution is 2.77. The van der Waals surface area contributed by atoms with Gasteiger partial charge in [0.25, 0.3) is 5.91 Å². The number of esters is 1. The molecule has 5 aliphatic carbocycles. The van der Waals surface area contributed by atoms with E-state index in [0.29, 0.717) is 34.8 Å². The largest absolute Gasteiger partial charge is 0.465 e. The summed E-state index contributed by atoms with van der Waals surface area (Å²) in [6, 6.07) is 11.2. The van der Waals surface area contributed by atoms with E-state index >= 15 is 4.39 Å². The molecule has 55 heavy (non-hydrogen) atoms. The Balaban J connectivity index is 1.08. The van der Waals surface area contributed by atoms with Crippen molar-refractivity contribution in [2.24, 2.45) is 56.7 Å². The van der Waals surface area contributed by atoms with Gasteiger partial charge in [0.15, 0.2) is 0 Å². The minimum atomic E-state index is -0.626. The monoisotopic (exact) mass is 754 g/mol. The summed E-state index contributed by atoms with van der Waals surface area (Å²) in [5.74, 6) is 0.493. The van der Waals surface area contributed by atoms with Gasteiger partial charge in [-0.3, -0.25) is 9.59 Å². The molecule has 7 nitrogen and oxygen atoms in total. The first-order chi connectivity index (χ1) is 25.9. The number of hydrogen-bond donors (Lipinski definition) is 3. The van der Waals surface area contributed by atoms with Crippen molar-refractivity contribution in [3.8, 4) is 0 Å². The van der Waals surface area contributed by atoms with Gasteiger partial charge in [-0.25, -0.2) is 9.18 Å². The number of nitrogens with one attached hydrogen (secondary N) is 2. The lowest BCUT2D eigenvalue weighted by atomic mass is 9.32. The Hall–Kier alpha value is -3.52. The Labute approximate surface area is 327 Å². The number of fused-ring (bicyclic) bond motifs is 7. The Morgan fingerprint density at radius 2 is 1.51 bits per heavy atom. The SMILES string of the molecule is C=C(C)[C@@H]1CC[C@]2(C(=O)NCc3ccc(F)c(C(=O)NCc4ccc(C(=O)OC)cc4)c3)CC[C@]3(C)C(CCC4[C@@]5(C)CC[C@H](O)C(C)(C)C5CC[C@]43C)C12. The van der Waals surface area contributed by atoms with Crippen molar-refractivity contribution < 1.29 is 28.6 Å². The average molecular weight is 755 g/mol. The van der Waals surface area contributed by atoms with Gasteiger partial charge in [-0.05, 0) is 158 Å². The van der Waals surface area contributed by atoms with Crippen molar-refractivity contribution in [3.05, 3.63) is 82.7 Å². The van der Waals surface area contributed by atoms with E-state index in [2.05, 4.69) is 58.8 Å². The van der Waals surface area contributed by atoms with Crippen molar-refractivity contribution in [2.75, 3.05) is 7.11 Å². The average Bonchev–Trinajstić information content (AvgIpc) is 3.56. The quantitative estimate of drug-likeness (QED) is 0.184. The van der Waals surface area contributed by atoms with Gasteiger partial charge in [-0.15, -0.1) is 0 Å². The summed E-state index contributed by atoms with van der Waals surface area (Å²) in [6.07, 6.45) is 10.0. The third-order valence-corrected chi connectivity index (χ3v) is 17.1. The summed E-state index contributed by atoms with van der Waals surface area (Å²) in [4.78, 5) is 39.6. The fraction of sp³-hybridized carbons (Fsp3) is 0.638. The molecule has 298 valence electrons. The van der Waals surface area contributed by atoms with Crippen molar-refractivity contribution in [3.63, 3.8) is 0 Å². The molecule has 2 aromatic carbocycles. The van der Waals surface area contributed by atoms with Gasteiger partial charge >= 0.3 is 5.97 Å². The zero-order valence-electron chi connectivity index (χ0n) is 34.2. The molecule has 8 heteroatoms. The minimum absolute atomic E-state index is 0.0742. The Bertz CT molecular complexity index is 1860. The van der Waals surface area contributed by atoms with E-state index in [1.807, 2.05) is 0 Å². The van der Waals surface area contributed by atoms with Crippen molar-refractivity contribution in [2.45, 2.75) is 125 Å². The van der Waals surface area contributed by atoms with Gasteiger partial charge in [-0.2, -0.15) is 0 Å². The molecule has 7 rings (SSSR count). The fourth-order valence-corrected chi connectivity index (χ4v) is 13.9. The van der Waals surface area contributed by atoms with E-state index < -0.39 is 23.1 Å². The standard InChI is InChI=1S/C47H63FN2O5/c1-28(2)32-17-22-47(42(54)50-27-30-11-15-35(48)33(25-30)40(52)49-26-29-9-12-31(13-10-29)41(53)55-8)24-23-45(6)34(39(32)47)14-16-37-44(5)20-19-38(51)43(3,4)36(44)18-21-46(37,45)7/h9-13,15,25,32,34,36-39,51H,1,14,16-24,26-27H2,2-8H3,(H,49,52)(H,50,54)/t32-,34?,36?,37?,38-,39?,44-,45+,46+,47-/m0/s1. The molecule has 10 atom stereocenters. The van der Waals surface area contributed by atoms with Gasteiger partial charge in [0, 0.05) is 13.1 Å². The summed E-state index contributed by atoms with van der Waals surface area (Å²) < 4.78 is 19.8. The number of ether oxygens (including phenoxy) is 1. The van der Waals surface area contributed by atoms with Gasteiger partial charge in [0.2, 0.25) is 5.91 Å². The lowest BCUT2D eigenvalue weighted by Gasteiger charge is -2.72. The molecule has 0 saturated heterocycles. The first-order valence-corrected chi connectivity index (χ1v) is 20.8. The molecule has 0 bridgehead atoms. The lowest BCUT2D eigenvalue weighted by molar-refractivity contribution is -0.246. The third kappa shape index (κ3) is 6.19. The van der Waals surface area contributed by atoms with E-state index in [0.717, 1.165) is 56.9 Å². The van der Waals surface area contributed by atoms with Crippen LogP contribution in [0.3, 0.4) is 0 Å². The van der Waals surface area contributed by atoms with Gasteiger partial charge in [-0.1, -0.05) is 65.0 Å². The summed E-state index contributed by atoms with van der Waals surface area (Å²) in [5, 5.41) is 17.2. The maximum Gasteiger partial charge on any atom is 0.337 e. The van der Waals surface area contributed by atoms with Crippen LogP contribution in [0, 0.1) is 62.5 Å². The number of rotatable bonds is 8. The van der Waals surface area contributed by atoms with Crippen LogP contribution in [0.25, 0.3) is 0 Å². The van der Waals surface area contributed by atoms with E-state index in [1.54, 1.807) is 30.3 Å². The van der Waals surface area contributed by atoms with Gasteiger partial charge in [0.05, 0.1) is 29.8 Å². The summed E-state index contributed by atoms with van der Waals surface area (Å²) in [7, 11) is 1.32. The van der Waals surface area contributed by atoms with E-state index in [1.165, 1.54) is 37.7 Å².